The van der Waals surface area contributed by atoms with Crippen LogP contribution < -0.4 is 5.32 Å². The van der Waals surface area contributed by atoms with Gasteiger partial charge in [0.1, 0.15) is 12.1 Å². The lowest BCUT2D eigenvalue weighted by Crippen LogP contribution is -2.53. The number of alkyl carbamates (subject to hydrolysis) is 1. The van der Waals surface area contributed by atoms with Gasteiger partial charge in [0, 0.05) is 25.6 Å². The Kier molecular flexibility index (Phi) is 6.49. The highest BCUT2D eigenvalue weighted by Crippen LogP contribution is 2.44. The number of likely N-dealkylation sites (N-methyl/N-ethyl adjacent to an activating group) is 1. The van der Waals surface area contributed by atoms with E-state index in [2.05, 4.69) is 29.6 Å². The van der Waals surface area contributed by atoms with Crippen LogP contribution in [0.5, 0.6) is 0 Å². The van der Waals surface area contributed by atoms with Crippen molar-refractivity contribution in [3.8, 4) is 11.1 Å². The Bertz CT molecular complexity index is 1040. The summed E-state index contributed by atoms with van der Waals surface area (Å²) < 4.78 is 5.47. The number of amides is 2. The van der Waals surface area contributed by atoms with Crippen LogP contribution in [0.4, 0.5) is 4.79 Å². The first-order valence-corrected chi connectivity index (χ1v) is 11.2. The number of carboxylic acids is 1. The molecule has 4 rings (SSSR count). The third-order valence-electron chi connectivity index (χ3n) is 6.77. The lowest BCUT2D eigenvalue weighted by molar-refractivity contribution is -0.155. The predicted octanol–water partition coefficient (Wildman–Crippen LogP) is 3.94. The Morgan fingerprint density at radius 1 is 1.06 bits per heavy atom. The molecule has 33 heavy (non-hydrogen) atoms. The maximum Gasteiger partial charge on any atom is 0.407 e. The molecule has 1 saturated carbocycles. The lowest BCUT2D eigenvalue weighted by atomic mass is 9.95. The number of carboxylic acid groups (broad SMARTS) is 1. The molecule has 2 aliphatic rings. The molecule has 0 atom stereocenters. The number of carbonyl (C=O) groups is 3. The summed E-state index contributed by atoms with van der Waals surface area (Å²) in [6.07, 6.45) is 4.72. The van der Waals surface area contributed by atoms with Crippen LogP contribution in [0.15, 0.2) is 60.7 Å². The van der Waals surface area contributed by atoms with Crippen molar-refractivity contribution in [2.75, 3.05) is 20.2 Å². The minimum atomic E-state index is -1.14. The van der Waals surface area contributed by atoms with E-state index in [0.29, 0.717) is 12.8 Å². The average Bonchev–Trinajstić information content (AvgIpc) is 3.44. The quantitative estimate of drug-likeness (QED) is 0.626. The molecule has 172 valence electrons. The fourth-order valence-electron chi connectivity index (χ4n) is 4.93. The zero-order valence-electron chi connectivity index (χ0n) is 18.6. The molecule has 0 saturated heterocycles. The SMILES string of the molecule is CN(C(=O)/C=C/CNC(=O)OCC1c2ccccc2-c2ccccc21)C1(C(=O)O)CCCC1. The molecule has 0 aliphatic heterocycles. The van der Waals surface area contributed by atoms with Gasteiger partial charge in [-0.2, -0.15) is 0 Å². The van der Waals surface area contributed by atoms with E-state index in [0.717, 1.165) is 35.1 Å². The van der Waals surface area contributed by atoms with Gasteiger partial charge in [0.15, 0.2) is 0 Å². The fraction of sp³-hybridized carbons (Fsp3) is 0.346. The Labute approximate surface area is 193 Å². The van der Waals surface area contributed by atoms with Gasteiger partial charge in [-0.1, -0.05) is 67.4 Å². The summed E-state index contributed by atoms with van der Waals surface area (Å²) in [5.41, 5.74) is 3.46. The molecule has 7 heteroatoms. The summed E-state index contributed by atoms with van der Waals surface area (Å²) >= 11 is 0. The van der Waals surface area contributed by atoms with Gasteiger partial charge in [0.2, 0.25) is 5.91 Å². The molecule has 2 aromatic rings. The zero-order chi connectivity index (χ0) is 23.4. The number of ether oxygens (including phenoxy) is 1. The van der Waals surface area contributed by atoms with Crippen molar-refractivity contribution in [3.63, 3.8) is 0 Å². The molecule has 0 unspecified atom stereocenters. The third kappa shape index (κ3) is 4.35. The van der Waals surface area contributed by atoms with Crippen LogP contribution in [0.2, 0.25) is 0 Å². The molecular formula is C26H28N2O5. The predicted molar refractivity (Wildman–Crippen MR) is 124 cm³/mol. The lowest BCUT2D eigenvalue weighted by Gasteiger charge is -2.34. The Morgan fingerprint density at radius 2 is 1.64 bits per heavy atom. The number of fused-ring (bicyclic) bond motifs is 3. The minimum Gasteiger partial charge on any atom is -0.479 e. The van der Waals surface area contributed by atoms with E-state index in [9.17, 15) is 19.5 Å². The number of aliphatic carboxylic acids is 1. The summed E-state index contributed by atoms with van der Waals surface area (Å²) in [5.74, 6) is -1.39. The molecule has 2 N–H and O–H groups in total. The summed E-state index contributed by atoms with van der Waals surface area (Å²) in [7, 11) is 1.52. The van der Waals surface area contributed by atoms with Crippen LogP contribution in [-0.2, 0) is 14.3 Å². The summed E-state index contributed by atoms with van der Waals surface area (Å²) in [6.45, 7) is 0.322. The molecule has 0 radical (unpaired) electrons. The van der Waals surface area contributed by atoms with Gasteiger partial charge >= 0.3 is 12.1 Å². The van der Waals surface area contributed by atoms with E-state index in [1.165, 1.54) is 24.1 Å². The monoisotopic (exact) mass is 448 g/mol. The molecular weight excluding hydrogens is 420 g/mol. The first kappa shape index (κ1) is 22.6. The van der Waals surface area contributed by atoms with Gasteiger partial charge in [0.25, 0.3) is 0 Å². The van der Waals surface area contributed by atoms with Crippen LogP contribution >= 0.6 is 0 Å². The number of nitrogens with zero attached hydrogens (tertiary/aromatic N) is 1. The normalized spacial score (nSPS) is 16.3. The van der Waals surface area contributed by atoms with E-state index in [1.807, 2.05) is 24.3 Å². The number of benzene rings is 2. The van der Waals surface area contributed by atoms with Crippen molar-refractivity contribution in [3.05, 3.63) is 71.8 Å². The Hall–Kier alpha value is -3.61. The number of nitrogens with one attached hydrogen (secondary N) is 1. The van der Waals surface area contributed by atoms with Crippen molar-refractivity contribution in [1.29, 1.82) is 0 Å². The van der Waals surface area contributed by atoms with Crippen molar-refractivity contribution < 1.29 is 24.2 Å². The summed E-state index contributed by atoms with van der Waals surface area (Å²) in [5, 5.41) is 12.2. The zero-order valence-corrected chi connectivity index (χ0v) is 18.6. The Balaban J connectivity index is 1.29. The van der Waals surface area contributed by atoms with E-state index in [4.69, 9.17) is 4.74 Å². The van der Waals surface area contributed by atoms with Crippen LogP contribution in [0, 0.1) is 0 Å². The second kappa shape index (κ2) is 9.48. The van der Waals surface area contributed by atoms with Gasteiger partial charge in [-0.15, -0.1) is 0 Å². The van der Waals surface area contributed by atoms with Crippen LogP contribution in [0.25, 0.3) is 11.1 Å². The van der Waals surface area contributed by atoms with Crippen molar-refractivity contribution in [2.45, 2.75) is 37.1 Å². The van der Waals surface area contributed by atoms with E-state index < -0.39 is 23.5 Å². The number of rotatable bonds is 7. The first-order chi connectivity index (χ1) is 15.9. The highest BCUT2D eigenvalue weighted by molar-refractivity contribution is 5.93. The smallest absolute Gasteiger partial charge is 0.407 e. The van der Waals surface area contributed by atoms with Gasteiger partial charge in [-0.3, -0.25) is 4.79 Å². The minimum absolute atomic E-state index is 0.0208. The summed E-state index contributed by atoms with van der Waals surface area (Å²) in [4.78, 5) is 37.7. The average molecular weight is 449 g/mol. The first-order valence-electron chi connectivity index (χ1n) is 11.2. The van der Waals surface area contributed by atoms with Crippen molar-refractivity contribution in [2.24, 2.45) is 0 Å². The molecule has 2 amide bonds. The van der Waals surface area contributed by atoms with Crippen LogP contribution in [-0.4, -0.2) is 53.7 Å². The molecule has 7 nitrogen and oxygen atoms in total. The van der Waals surface area contributed by atoms with E-state index in [-0.39, 0.29) is 19.1 Å². The van der Waals surface area contributed by atoms with Crippen LogP contribution in [0.1, 0.15) is 42.7 Å². The van der Waals surface area contributed by atoms with Gasteiger partial charge in [-0.05, 0) is 35.1 Å². The maximum absolute atomic E-state index is 12.4. The van der Waals surface area contributed by atoms with Gasteiger partial charge < -0.3 is 20.1 Å². The van der Waals surface area contributed by atoms with Gasteiger partial charge in [-0.25, -0.2) is 9.59 Å². The maximum atomic E-state index is 12.4. The number of carbonyl (C=O) groups excluding carboxylic acids is 2. The molecule has 0 bridgehead atoms. The van der Waals surface area contributed by atoms with E-state index >= 15 is 0 Å². The number of hydrogen-bond donors (Lipinski definition) is 2. The molecule has 0 spiro atoms. The highest BCUT2D eigenvalue weighted by Gasteiger charge is 2.46. The summed E-state index contributed by atoms with van der Waals surface area (Å²) in [6, 6.07) is 16.2. The fourth-order valence-corrected chi connectivity index (χ4v) is 4.93. The number of hydrogen-bond acceptors (Lipinski definition) is 4. The second-order valence-electron chi connectivity index (χ2n) is 8.55. The largest absolute Gasteiger partial charge is 0.479 e. The second-order valence-corrected chi connectivity index (χ2v) is 8.55. The van der Waals surface area contributed by atoms with E-state index in [1.54, 1.807) is 0 Å². The third-order valence-corrected chi connectivity index (χ3v) is 6.77. The molecule has 0 aromatic heterocycles. The molecule has 0 heterocycles. The topological polar surface area (TPSA) is 95.9 Å². The molecule has 1 fully saturated rings. The van der Waals surface area contributed by atoms with Crippen molar-refractivity contribution >= 4 is 18.0 Å². The van der Waals surface area contributed by atoms with Crippen LogP contribution in [0.3, 0.4) is 0 Å². The van der Waals surface area contributed by atoms with Gasteiger partial charge in [0.05, 0.1) is 0 Å². The Morgan fingerprint density at radius 3 is 2.21 bits per heavy atom. The highest BCUT2D eigenvalue weighted by atomic mass is 16.5. The standard InChI is InChI=1S/C26H28N2O5/c1-28(26(24(30)31)14-6-7-15-26)23(29)13-8-16-27-25(32)33-17-22-20-11-4-2-9-18(20)19-10-3-5-12-21(19)22/h2-5,8-13,22H,6-7,14-17H2,1H3,(H,27,32)(H,30,31)/b13-8+. The molecule has 2 aliphatic carbocycles. The molecule has 2 aromatic carbocycles. The van der Waals surface area contributed by atoms with Crippen molar-refractivity contribution in [1.82, 2.24) is 10.2 Å².